The Balaban J connectivity index is 1.99. The lowest BCUT2D eigenvalue weighted by Crippen LogP contribution is -2.38. The van der Waals surface area contributed by atoms with Gasteiger partial charge in [-0.3, -0.25) is 9.67 Å². The smallest absolute Gasteiger partial charge is 0.190 e. The summed E-state index contributed by atoms with van der Waals surface area (Å²) in [5, 5.41) is 10.8. The molecule has 0 atom stereocenters. The first-order valence-corrected chi connectivity index (χ1v) is 7.27. The number of nitrogens with zero attached hydrogens (tertiary/aromatic N) is 3. The number of methoxy groups -OCH3 is 1. The maximum atomic E-state index is 5.02. The van der Waals surface area contributed by atoms with E-state index in [1.807, 2.05) is 16.9 Å². The Morgan fingerprint density at radius 1 is 1.20 bits per heavy atom. The molecule has 0 aromatic carbocycles. The van der Waals surface area contributed by atoms with Gasteiger partial charge in [0.05, 0.1) is 0 Å². The maximum absolute atomic E-state index is 5.02. The summed E-state index contributed by atoms with van der Waals surface area (Å²) in [6.45, 7) is 3.61. The molecule has 2 N–H and O–H groups in total. The molecule has 0 aliphatic rings. The Kier molecular flexibility index (Phi) is 9.30. The molecule has 6 heteroatoms. The van der Waals surface area contributed by atoms with Crippen LogP contribution in [0, 0.1) is 0 Å². The molecule has 1 aromatic heterocycles. The fourth-order valence-electron chi connectivity index (χ4n) is 1.86. The van der Waals surface area contributed by atoms with Crippen LogP contribution in [0.3, 0.4) is 0 Å². The predicted octanol–water partition coefficient (Wildman–Crippen LogP) is 1.25. The molecule has 114 valence electrons. The molecule has 0 saturated heterocycles. The van der Waals surface area contributed by atoms with Crippen LogP contribution in [0.25, 0.3) is 0 Å². The van der Waals surface area contributed by atoms with Gasteiger partial charge in [-0.15, -0.1) is 0 Å². The lowest BCUT2D eigenvalue weighted by Gasteiger charge is -2.11. The van der Waals surface area contributed by atoms with Crippen LogP contribution in [0.2, 0.25) is 0 Å². The van der Waals surface area contributed by atoms with Crippen molar-refractivity contribution in [2.45, 2.75) is 32.2 Å². The number of hydrogen-bond donors (Lipinski definition) is 2. The molecule has 0 saturated carbocycles. The summed E-state index contributed by atoms with van der Waals surface area (Å²) in [4.78, 5) is 4.20. The second kappa shape index (κ2) is 11.3. The fraction of sp³-hybridized carbons (Fsp3) is 0.714. The van der Waals surface area contributed by atoms with Gasteiger partial charge in [0.25, 0.3) is 0 Å². The van der Waals surface area contributed by atoms with Crippen LogP contribution in [0.1, 0.15) is 25.7 Å². The number of rotatable bonds is 10. The first-order chi connectivity index (χ1) is 9.86. The van der Waals surface area contributed by atoms with E-state index in [0.717, 1.165) is 51.5 Å². The van der Waals surface area contributed by atoms with Crippen molar-refractivity contribution in [1.82, 2.24) is 20.4 Å². The van der Waals surface area contributed by atoms with E-state index in [1.54, 1.807) is 20.4 Å². The zero-order valence-corrected chi connectivity index (χ0v) is 12.6. The number of aryl methyl sites for hydroxylation is 1. The Bertz CT molecular complexity index is 350. The molecule has 0 radical (unpaired) electrons. The Morgan fingerprint density at radius 3 is 2.65 bits per heavy atom. The quantitative estimate of drug-likeness (QED) is 0.385. The predicted molar refractivity (Wildman–Crippen MR) is 81.9 cm³/mol. The van der Waals surface area contributed by atoms with Crippen LogP contribution in [-0.4, -0.2) is 49.6 Å². The Hall–Kier alpha value is -1.56. The minimum atomic E-state index is 0.848. The molecule has 1 heterocycles. The summed E-state index contributed by atoms with van der Waals surface area (Å²) in [6, 6.07) is 1.94. The standard InChI is InChI=1S/C14H27N5O/c1-15-14(16-8-4-3-5-13-20-2)17-9-6-11-19-12-7-10-18-19/h7,10,12H,3-6,8-9,11,13H2,1-2H3,(H2,15,16,17). The van der Waals surface area contributed by atoms with Gasteiger partial charge in [0, 0.05) is 52.8 Å². The first-order valence-electron chi connectivity index (χ1n) is 7.27. The van der Waals surface area contributed by atoms with Gasteiger partial charge in [-0.05, 0) is 31.7 Å². The van der Waals surface area contributed by atoms with E-state index in [4.69, 9.17) is 4.74 Å². The molecule has 20 heavy (non-hydrogen) atoms. The van der Waals surface area contributed by atoms with Crippen molar-refractivity contribution in [3.8, 4) is 0 Å². The summed E-state index contributed by atoms with van der Waals surface area (Å²) < 4.78 is 6.96. The van der Waals surface area contributed by atoms with E-state index in [1.165, 1.54) is 6.42 Å². The van der Waals surface area contributed by atoms with Crippen LogP contribution in [0.15, 0.2) is 23.5 Å². The van der Waals surface area contributed by atoms with Crippen molar-refractivity contribution >= 4 is 5.96 Å². The molecule has 0 spiro atoms. The van der Waals surface area contributed by atoms with Crippen molar-refractivity contribution in [3.05, 3.63) is 18.5 Å². The summed E-state index contributed by atoms with van der Waals surface area (Å²) in [5.74, 6) is 0.872. The number of ether oxygens (including phenoxy) is 1. The molecule has 0 bridgehead atoms. The van der Waals surface area contributed by atoms with Crippen LogP contribution < -0.4 is 10.6 Å². The normalized spacial score (nSPS) is 11.6. The molecule has 0 aliphatic heterocycles. The van der Waals surface area contributed by atoms with Gasteiger partial charge in [-0.1, -0.05) is 0 Å². The number of unbranched alkanes of at least 4 members (excludes halogenated alkanes) is 2. The molecule has 6 nitrogen and oxygen atoms in total. The lowest BCUT2D eigenvalue weighted by molar-refractivity contribution is 0.192. The monoisotopic (exact) mass is 281 g/mol. The second-order valence-electron chi connectivity index (χ2n) is 4.60. The summed E-state index contributed by atoms with van der Waals surface area (Å²) in [6.07, 6.45) is 8.24. The summed E-state index contributed by atoms with van der Waals surface area (Å²) in [5.41, 5.74) is 0. The van der Waals surface area contributed by atoms with Crippen LogP contribution in [0.4, 0.5) is 0 Å². The molecule has 0 fully saturated rings. The van der Waals surface area contributed by atoms with Crippen molar-refractivity contribution in [1.29, 1.82) is 0 Å². The van der Waals surface area contributed by atoms with Crippen LogP contribution >= 0.6 is 0 Å². The van der Waals surface area contributed by atoms with Crippen molar-refractivity contribution < 1.29 is 4.74 Å². The van der Waals surface area contributed by atoms with Crippen LogP contribution in [-0.2, 0) is 11.3 Å². The second-order valence-corrected chi connectivity index (χ2v) is 4.60. The minimum absolute atomic E-state index is 0.848. The van der Waals surface area contributed by atoms with Crippen molar-refractivity contribution in [2.24, 2.45) is 4.99 Å². The fourth-order valence-corrected chi connectivity index (χ4v) is 1.86. The lowest BCUT2D eigenvalue weighted by atomic mass is 10.2. The average Bonchev–Trinajstić information content (AvgIpc) is 2.98. The molecule has 0 amide bonds. The minimum Gasteiger partial charge on any atom is -0.385 e. The molecular formula is C14H27N5O. The highest BCUT2D eigenvalue weighted by atomic mass is 16.5. The van der Waals surface area contributed by atoms with E-state index in [-0.39, 0.29) is 0 Å². The molecular weight excluding hydrogens is 254 g/mol. The zero-order valence-electron chi connectivity index (χ0n) is 12.6. The SMILES string of the molecule is CN=C(NCCCCCOC)NCCCn1cccn1. The van der Waals surface area contributed by atoms with Crippen molar-refractivity contribution in [3.63, 3.8) is 0 Å². The van der Waals surface area contributed by atoms with Gasteiger partial charge in [0.1, 0.15) is 0 Å². The van der Waals surface area contributed by atoms with Gasteiger partial charge < -0.3 is 15.4 Å². The molecule has 1 rings (SSSR count). The highest BCUT2D eigenvalue weighted by Gasteiger charge is 1.97. The van der Waals surface area contributed by atoms with Gasteiger partial charge >= 0.3 is 0 Å². The van der Waals surface area contributed by atoms with Gasteiger partial charge in [-0.25, -0.2) is 0 Å². The first kappa shape index (κ1) is 16.5. The zero-order chi connectivity index (χ0) is 14.5. The number of aliphatic imine (C=N–C) groups is 1. The third-order valence-electron chi connectivity index (χ3n) is 2.96. The van der Waals surface area contributed by atoms with Crippen molar-refractivity contribution in [2.75, 3.05) is 33.9 Å². The number of aromatic nitrogens is 2. The van der Waals surface area contributed by atoms with Crippen LogP contribution in [0.5, 0.6) is 0 Å². The largest absolute Gasteiger partial charge is 0.385 e. The number of guanidine groups is 1. The highest BCUT2D eigenvalue weighted by molar-refractivity contribution is 5.79. The van der Waals surface area contributed by atoms with Gasteiger partial charge in [0.2, 0.25) is 0 Å². The molecule has 0 unspecified atom stereocenters. The third kappa shape index (κ3) is 7.78. The number of nitrogens with one attached hydrogen (secondary N) is 2. The van der Waals surface area contributed by atoms with E-state index in [2.05, 4.69) is 20.7 Å². The van der Waals surface area contributed by atoms with Gasteiger partial charge in [-0.2, -0.15) is 5.10 Å². The summed E-state index contributed by atoms with van der Waals surface area (Å²) >= 11 is 0. The van der Waals surface area contributed by atoms with E-state index < -0.39 is 0 Å². The molecule has 0 aliphatic carbocycles. The summed E-state index contributed by atoms with van der Waals surface area (Å²) in [7, 11) is 3.54. The molecule has 1 aromatic rings. The maximum Gasteiger partial charge on any atom is 0.190 e. The van der Waals surface area contributed by atoms with E-state index in [0.29, 0.717) is 0 Å². The third-order valence-corrected chi connectivity index (χ3v) is 2.96. The topological polar surface area (TPSA) is 63.5 Å². The van der Waals surface area contributed by atoms with E-state index in [9.17, 15) is 0 Å². The number of hydrogen-bond acceptors (Lipinski definition) is 3. The highest BCUT2D eigenvalue weighted by Crippen LogP contribution is 1.93. The average molecular weight is 281 g/mol. The van der Waals surface area contributed by atoms with Gasteiger partial charge in [0.15, 0.2) is 5.96 Å². The Morgan fingerprint density at radius 2 is 2.00 bits per heavy atom. The Labute approximate surface area is 121 Å². The van der Waals surface area contributed by atoms with E-state index >= 15 is 0 Å².